The summed E-state index contributed by atoms with van der Waals surface area (Å²) in [5, 5.41) is 1.31. The summed E-state index contributed by atoms with van der Waals surface area (Å²) >= 11 is 0. The van der Waals surface area contributed by atoms with E-state index in [2.05, 4.69) is 55.1 Å². The summed E-state index contributed by atoms with van der Waals surface area (Å²) in [5.74, 6) is 0. The molecule has 2 aromatic rings. The smallest absolute Gasteiger partial charge is 0.0477 e. The maximum Gasteiger partial charge on any atom is 0.0477 e. The van der Waals surface area contributed by atoms with Crippen molar-refractivity contribution in [3.8, 4) is 0 Å². The summed E-state index contributed by atoms with van der Waals surface area (Å²) in [6.45, 7) is 2.98. The summed E-state index contributed by atoms with van der Waals surface area (Å²) in [4.78, 5) is 0. The molecule has 1 heterocycles. The van der Waals surface area contributed by atoms with E-state index in [1.54, 1.807) is 0 Å². The van der Waals surface area contributed by atoms with Gasteiger partial charge in [0.05, 0.1) is 0 Å². The molecule has 0 saturated carbocycles. The van der Waals surface area contributed by atoms with Gasteiger partial charge in [0, 0.05) is 18.8 Å². The summed E-state index contributed by atoms with van der Waals surface area (Å²) in [5.41, 5.74) is 6.43. The van der Waals surface area contributed by atoms with E-state index in [9.17, 15) is 0 Å². The Labute approximate surface area is 91.7 Å². The highest BCUT2D eigenvalue weighted by atomic mass is 14.9. The molecule has 0 aliphatic carbocycles. The molecule has 0 radical (unpaired) electrons. The van der Waals surface area contributed by atoms with Crippen molar-refractivity contribution in [3.63, 3.8) is 0 Å². The molecule has 1 aromatic carbocycles. The van der Waals surface area contributed by atoms with Crippen molar-refractivity contribution in [2.75, 3.05) is 6.54 Å². The van der Waals surface area contributed by atoms with Crippen molar-refractivity contribution in [1.29, 1.82) is 0 Å². The second-order valence-electron chi connectivity index (χ2n) is 3.63. The van der Waals surface area contributed by atoms with Crippen molar-refractivity contribution in [2.45, 2.75) is 19.8 Å². The Morgan fingerprint density at radius 3 is 2.47 bits per heavy atom. The minimum absolute atomic E-state index is 0.844. The highest BCUT2D eigenvalue weighted by molar-refractivity contribution is 5.79. The monoisotopic (exact) mass is 204 g/mol. The fourth-order valence-corrected chi connectivity index (χ4v) is 1.43. The van der Waals surface area contributed by atoms with E-state index in [0.29, 0.717) is 0 Å². The number of benzene rings is 1. The average Bonchev–Trinajstić information content (AvgIpc) is 2.64. The molecule has 0 saturated heterocycles. The van der Waals surface area contributed by atoms with Crippen molar-refractivity contribution < 1.29 is 0 Å². The second kappa shape index (κ2) is 6.25. The van der Waals surface area contributed by atoms with Crippen molar-refractivity contribution in [3.05, 3.63) is 36.5 Å². The van der Waals surface area contributed by atoms with Gasteiger partial charge in [0.25, 0.3) is 0 Å². The van der Waals surface area contributed by atoms with Crippen LogP contribution in [0.2, 0.25) is 0 Å². The molecule has 0 amide bonds. The van der Waals surface area contributed by atoms with Gasteiger partial charge in [0.15, 0.2) is 0 Å². The van der Waals surface area contributed by atoms with Gasteiger partial charge in [0.2, 0.25) is 0 Å². The number of fused-ring (bicyclic) bond motifs is 1. The van der Waals surface area contributed by atoms with E-state index >= 15 is 0 Å². The lowest BCUT2D eigenvalue weighted by Crippen LogP contribution is -1.95. The molecule has 2 N–H and O–H groups in total. The SMILES string of the molecule is CCCCN.Cn1ccc2ccccc21. The highest BCUT2D eigenvalue weighted by Crippen LogP contribution is 2.12. The fourth-order valence-electron chi connectivity index (χ4n) is 1.43. The summed E-state index contributed by atoms with van der Waals surface area (Å²) in [6, 6.07) is 10.5. The van der Waals surface area contributed by atoms with Gasteiger partial charge in [-0.15, -0.1) is 0 Å². The van der Waals surface area contributed by atoms with Gasteiger partial charge in [-0.2, -0.15) is 0 Å². The first-order valence-corrected chi connectivity index (χ1v) is 5.49. The predicted molar refractivity (Wildman–Crippen MR) is 66.9 cm³/mol. The number of aromatic nitrogens is 1. The first-order chi connectivity index (χ1) is 7.29. The van der Waals surface area contributed by atoms with E-state index < -0.39 is 0 Å². The molecule has 0 fully saturated rings. The van der Waals surface area contributed by atoms with Crippen LogP contribution >= 0.6 is 0 Å². The Kier molecular flexibility index (Phi) is 4.91. The maximum atomic E-state index is 5.14. The molecule has 0 aliphatic rings. The first kappa shape index (κ1) is 11.8. The Morgan fingerprint density at radius 1 is 1.20 bits per heavy atom. The van der Waals surface area contributed by atoms with E-state index in [-0.39, 0.29) is 0 Å². The molecule has 0 spiro atoms. The molecule has 2 rings (SSSR count). The van der Waals surface area contributed by atoms with Gasteiger partial charge in [-0.3, -0.25) is 0 Å². The summed E-state index contributed by atoms with van der Waals surface area (Å²) < 4.78 is 2.12. The van der Waals surface area contributed by atoms with Gasteiger partial charge in [-0.25, -0.2) is 0 Å². The van der Waals surface area contributed by atoms with Gasteiger partial charge in [-0.05, 0) is 30.5 Å². The average molecular weight is 204 g/mol. The zero-order valence-corrected chi connectivity index (χ0v) is 9.61. The van der Waals surface area contributed by atoms with Crippen LogP contribution in [0.3, 0.4) is 0 Å². The standard InChI is InChI=1S/C9H9N.C4H11N/c1-10-7-6-8-4-2-3-5-9(8)10;1-2-3-4-5/h2-7H,1H3;2-5H2,1H3. The Bertz CT molecular complexity index is 388. The van der Waals surface area contributed by atoms with Crippen LogP contribution in [0.25, 0.3) is 10.9 Å². The lowest BCUT2D eigenvalue weighted by atomic mass is 10.2. The third-order valence-electron chi connectivity index (χ3n) is 2.35. The largest absolute Gasteiger partial charge is 0.351 e. The topological polar surface area (TPSA) is 30.9 Å². The molecule has 0 atom stereocenters. The number of para-hydroxylation sites is 1. The third kappa shape index (κ3) is 3.40. The number of hydrogen-bond donors (Lipinski definition) is 1. The highest BCUT2D eigenvalue weighted by Gasteiger charge is 1.92. The number of aryl methyl sites for hydroxylation is 1. The van der Waals surface area contributed by atoms with Crippen LogP contribution in [0.1, 0.15) is 19.8 Å². The molecule has 0 bridgehead atoms. The molecular weight excluding hydrogens is 184 g/mol. The van der Waals surface area contributed by atoms with Gasteiger partial charge < -0.3 is 10.3 Å². The summed E-state index contributed by atoms with van der Waals surface area (Å²) in [6.07, 6.45) is 4.46. The van der Waals surface area contributed by atoms with Crippen LogP contribution in [-0.4, -0.2) is 11.1 Å². The normalized spacial score (nSPS) is 9.80. The quantitative estimate of drug-likeness (QED) is 0.801. The van der Waals surface area contributed by atoms with Crippen LogP contribution in [0.15, 0.2) is 36.5 Å². The second-order valence-corrected chi connectivity index (χ2v) is 3.63. The van der Waals surface area contributed by atoms with Crippen LogP contribution in [0.5, 0.6) is 0 Å². The third-order valence-corrected chi connectivity index (χ3v) is 2.35. The van der Waals surface area contributed by atoms with Crippen LogP contribution < -0.4 is 5.73 Å². The van der Waals surface area contributed by atoms with Gasteiger partial charge in [0.1, 0.15) is 0 Å². The fraction of sp³-hybridized carbons (Fsp3) is 0.385. The molecule has 15 heavy (non-hydrogen) atoms. The van der Waals surface area contributed by atoms with Gasteiger partial charge in [-0.1, -0.05) is 31.5 Å². The summed E-state index contributed by atoms with van der Waals surface area (Å²) in [7, 11) is 2.06. The van der Waals surface area contributed by atoms with Crippen molar-refractivity contribution in [1.82, 2.24) is 4.57 Å². The molecule has 2 heteroatoms. The zero-order chi connectivity index (χ0) is 11.1. The molecule has 0 unspecified atom stereocenters. The Hall–Kier alpha value is -1.28. The van der Waals surface area contributed by atoms with E-state index in [1.807, 2.05) is 0 Å². The minimum atomic E-state index is 0.844. The zero-order valence-electron chi connectivity index (χ0n) is 9.61. The van der Waals surface area contributed by atoms with E-state index in [0.717, 1.165) is 6.54 Å². The van der Waals surface area contributed by atoms with Crippen LogP contribution in [0.4, 0.5) is 0 Å². The number of rotatable bonds is 2. The Balaban J connectivity index is 0.000000195. The molecule has 2 nitrogen and oxygen atoms in total. The molecule has 82 valence electrons. The van der Waals surface area contributed by atoms with Crippen molar-refractivity contribution in [2.24, 2.45) is 12.8 Å². The number of nitrogens with zero attached hydrogens (tertiary/aromatic N) is 1. The Morgan fingerprint density at radius 2 is 1.93 bits per heavy atom. The first-order valence-electron chi connectivity index (χ1n) is 5.49. The predicted octanol–water partition coefficient (Wildman–Crippen LogP) is 2.92. The maximum absolute atomic E-state index is 5.14. The van der Waals surface area contributed by atoms with Crippen LogP contribution in [0, 0.1) is 0 Å². The lowest BCUT2D eigenvalue weighted by molar-refractivity contribution is 0.807. The molecule has 1 aromatic heterocycles. The number of unbranched alkanes of at least 4 members (excludes halogenated alkanes) is 1. The number of hydrogen-bond acceptors (Lipinski definition) is 1. The van der Waals surface area contributed by atoms with Crippen molar-refractivity contribution >= 4 is 10.9 Å². The lowest BCUT2D eigenvalue weighted by Gasteiger charge is -1.92. The van der Waals surface area contributed by atoms with E-state index in [1.165, 1.54) is 23.7 Å². The van der Waals surface area contributed by atoms with Gasteiger partial charge >= 0.3 is 0 Å². The molecule has 0 aliphatic heterocycles. The van der Waals surface area contributed by atoms with E-state index in [4.69, 9.17) is 5.73 Å². The molecular formula is C13H20N2. The minimum Gasteiger partial charge on any atom is -0.351 e. The number of nitrogens with two attached hydrogens (primary N) is 1. The van der Waals surface area contributed by atoms with Crippen LogP contribution in [-0.2, 0) is 7.05 Å².